The number of halogens is 1. The van der Waals surface area contributed by atoms with Gasteiger partial charge in [-0.3, -0.25) is 0 Å². The van der Waals surface area contributed by atoms with Gasteiger partial charge in [-0.1, -0.05) is 10.3 Å². The zero-order valence-corrected chi connectivity index (χ0v) is 23.5. The first-order chi connectivity index (χ1) is 19.7. The SMILES string of the molecule is CC(=O)ON=C(N)c1ccc(OCCCC2CCN(CCCOc3ccc(C(N)=NOC(C)=O)c(F)c3)CC2)cc1. The van der Waals surface area contributed by atoms with Gasteiger partial charge in [0.15, 0.2) is 11.7 Å². The average molecular weight is 572 g/mol. The lowest BCUT2D eigenvalue weighted by atomic mass is 9.92. The van der Waals surface area contributed by atoms with Gasteiger partial charge < -0.3 is 35.5 Å². The van der Waals surface area contributed by atoms with Crippen molar-refractivity contribution >= 4 is 23.6 Å². The topological polar surface area (TPSA) is 151 Å². The Morgan fingerprint density at radius 3 is 2.10 bits per heavy atom. The Hall–Kier alpha value is -4.19. The number of amidine groups is 2. The molecule has 0 aliphatic carbocycles. The first-order valence-corrected chi connectivity index (χ1v) is 13.6. The quantitative estimate of drug-likeness (QED) is 0.114. The summed E-state index contributed by atoms with van der Waals surface area (Å²) in [4.78, 5) is 33.1. The Labute approximate surface area is 239 Å². The molecule has 0 bridgehead atoms. The van der Waals surface area contributed by atoms with Gasteiger partial charge in [0.25, 0.3) is 0 Å². The van der Waals surface area contributed by atoms with Crippen LogP contribution in [0.5, 0.6) is 11.5 Å². The predicted octanol–water partition coefficient (Wildman–Crippen LogP) is 3.53. The van der Waals surface area contributed by atoms with Crippen LogP contribution in [0, 0.1) is 11.7 Å². The van der Waals surface area contributed by atoms with E-state index in [-0.39, 0.29) is 17.2 Å². The van der Waals surface area contributed by atoms with Crippen molar-refractivity contribution < 1.29 is 33.1 Å². The van der Waals surface area contributed by atoms with Gasteiger partial charge in [-0.2, -0.15) is 0 Å². The van der Waals surface area contributed by atoms with E-state index in [4.69, 9.17) is 20.9 Å². The third kappa shape index (κ3) is 11.1. The van der Waals surface area contributed by atoms with E-state index in [0.717, 1.165) is 57.5 Å². The third-order valence-electron chi connectivity index (χ3n) is 6.53. The van der Waals surface area contributed by atoms with E-state index in [9.17, 15) is 14.0 Å². The summed E-state index contributed by atoms with van der Waals surface area (Å²) in [5.41, 5.74) is 12.1. The van der Waals surface area contributed by atoms with Crippen LogP contribution in [-0.4, -0.2) is 61.4 Å². The van der Waals surface area contributed by atoms with Crippen molar-refractivity contribution in [2.75, 3.05) is 32.8 Å². The van der Waals surface area contributed by atoms with Crippen molar-refractivity contribution in [2.24, 2.45) is 27.7 Å². The fraction of sp³-hybridized carbons (Fsp3) is 0.448. The van der Waals surface area contributed by atoms with Gasteiger partial charge >= 0.3 is 11.9 Å². The van der Waals surface area contributed by atoms with Gasteiger partial charge in [0.2, 0.25) is 0 Å². The molecule has 4 N–H and O–H groups in total. The number of nitrogens with two attached hydrogens (primary N) is 2. The number of benzene rings is 2. The highest BCUT2D eigenvalue weighted by Gasteiger charge is 2.18. The number of hydrogen-bond donors (Lipinski definition) is 2. The molecule has 1 aliphatic heterocycles. The lowest BCUT2D eigenvalue weighted by Crippen LogP contribution is -2.35. The van der Waals surface area contributed by atoms with Crippen molar-refractivity contribution in [1.82, 2.24) is 4.90 Å². The van der Waals surface area contributed by atoms with E-state index in [1.807, 2.05) is 12.1 Å². The number of hydrogen-bond acceptors (Lipinski definition) is 9. The molecular weight excluding hydrogens is 533 g/mol. The van der Waals surface area contributed by atoms with E-state index >= 15 is 0 Å². The number of rotatable bonds is 14. The number of likely N-dealkylation sites (tertiary alicyclic amines) is 1. The second-order valence-electron chi connectivity index (χ2n) is 9.76. The number of carbonyl (C=O) groups excluding carboxylic acids is 2. The Morgan fingerprint density at radius 1 is 0.878 bits per heavy atom. The lowest BCUT2D eigenvalue weighted by Gasteiger charge is -2.32. The maximum absolute atomic E-state index is 14.3. The Bertz CT molecular complexity index is 1210. The summed E-state index contributed by atoms with van der Waals surface area (Å²) in [5, 5.41) is 6.97. The number of carbonyl (C=O) groups is 2. The minimum Gasteiger partial charge on any atom is -0.494 e. The van der Waals surface area contributed by atoms with E-state index in [0.29, 0.717) is 30.4 Å². The highest BCUT2D eigenvalue weighted by Crippen LogP contribution is 2.23. The fourth-order valence-corrected chi connectivity index (χ4v) is 4.38. The summed E-state index contributed by atoms with van der Waals surface area (Å²) in [6, 6.07) is 11.5. The van der Waals surface area contributed by atoms with Crippen molar-refractivity contribution in [3.05, 3.63) is 59.4 Å². The predicted molar refractivity (Wildman–Crippen MR) is 152 cm³/mol. The Balaban J connectivity index is 1.27. The summed E-state index contributed by atoms with van der Waals surface area (Å²) in [7, 11) is 0. The van der Waals surface area contributed by atoms with Crippen molar-refractivity contribution in [3.8, 4) is 11.5 Å². The molecule has 0 spiro atoms. The standard InChI is InChI=1S/C29H38FN5O6/c1-20(36)40-33-28(31)23-6-8-24(9-7-23)38-17-3-5-22-12-15-35(16-13-22)14-4-18-39-25-10-11-26(27(30)19-25)29(32)34-41-21(2)37/h6-11,19,22H,3-5,12-18H2,1-2H3,(H2,31,33)(H2,32,34). The molecule has 3 rings (SSSR count). The monoisotopic (exact) mass is 571 g/mol. The summed E-state index contributed by atoms with van der Waals surface area (Å²) in [6.45, 7) is 6.57. The number of nitrogens with zero attached hydrogens (tertiary/aromatic N) is 3. The molecule has 1 heterocycles. The Morgan fingerprint density at radius 2 is 1.46 bits per heavy atom. The van der Waals surface area contributed by atoms with Crippen LogP contribution in [0.3, 0.4) is 0 Å². The van der Waals surface area contributed by atoms with E-state index in [2.05, 4.69) is 24.9 Å². The summed E-state index contributed by atoms with van der Waals surface area (Å²) in [5.74, 6) is -0.0206. The minimum atomic E-state index is -0.638. The molecule has 0 aromatic heterocycles. The molecule has 41 heavy (non-hydrogen) atoms. The zero-order chi connectivity index (χ0) is 29.6. The van der Waals surface area contributed by atoms with Crippen LogP contribution in [0.4, 0.5) is 4.39 Å². The van der Waals surface area contributed by atoms with Gasteiger partial charge in [-0.15, -0.1) is 0 Å². The van der Waals surface area contributed by atoms with Crippen LogP contribution in [-0.2, 0) is 19.3 Å². The summed E-state index contributed by atoms with van der Waals surface area (Å²) < 4.78 is 25.9. The fourth-order valence-electron chi connectivity index (χ4n) is 4.38. The normalized spacial score (nSPS) is 14.9. The van der Waals surface area contributed by atoms with Crippen LogP contribution in [0.1, 0.15) is 57.1 Å². The molecule has 1 fully saturated rings. The third-order valence-corrected chi connectivity index (χ3v) is 6.53. The van der Waals surface area contributed by atoms with Crippen LogP contribution in [0.15, 0.2) is 52.8 Å². The average Bonchev–Trinajstić information content (AvgIpc) is 2.96. The molecular formula is C29H38FN5O6. The van der Waals surface area contributed by atoms with E-state index in [1.165, 1.54) is 26.0 Å². The van der Waals surface area contributed by atoms with Gasteiger partial charge in [-0.25, -0.2) is 14.0 Å². The highest BCUT2D eigenvalue weighted by molar-refractivity contribution is 5.98. The van der Waals surface area contributed by atoms with Crippen molar-refractivity contribution in [2.45, 2.75) is 46.0 Å². The highest BCUT2D eigenvalue weighted by atomic mass is 19.1. The molecule has 2 aromatic rings. The maximum Gasteiger partial charge on any atom is 0.332 e. The van der Waals surface area contributed by atoms with Gasteiger partial charge in [0.1, 0.15) is 17.3 Å². The van der Waals surface area contributed by atoms with Crippen LogP contribution >= 0.6 is 0 Å². The molecule has 0 amide bonds. The first-order valence-electron chi connectivity index (χ1n) is 13.6. The van der Waals surface area contributed by atoms with Crippen molar-refractivity contribution in [3.63, 3.8) is 0 Å². The van der Waals surface area contributed by atoms with E-state index < -0.39 is 17.8 Å². The summed E-state index contributed by atoms with van der Waals surface area (Å²) in [6.07, 6.45) is 5.23. The second kappa shape index (κ2) is 16.2. The summed E-state index contributed by atoms with van der Waals surface area (Å²) >= 11 is 0. The first kappa shape index (κ1) is 31.3. The lowest BCUT2D eigenvalue weighted by molar-refractivity contribution is -0.141. The molecule has 0 unspecified atom stereocenters. The molecule has 1 saturated heterocycles. The van der Waals surface area contributed by atoms with Crippen LogP contribution in [0.2, 0.25) is 0 Å². The molecule has 222 valence electrons. The molecule has 0 atom stereocenters. The maximum atomic E-state index is 14.3. The molecule has 2 aromatic carbocycles. The molecule has 0 saturated carbocycles. The number of oxime groups is 2. The zero-order valence-electron chi connectivity index (χ0n) is 23.5. The van der Waals surface area contributed by atoms with Gasteiger partial charge in [-0.05, 0) is 87.5 Å². The minimum absolute atomic E-state index is 0.0392. The van der Waals surface area contributed by atoms with Gasteiger partial charge in [0, 0.05) is 32.0 Å². The second-order valence-corrected chi connectivity index (χ2v) is 9.76. The largest absolute Gasteiger partial charge is 0.494 e. The van der Waals surface area contributed by atoms with Crippen LogP contribution in [0.25, 0.3) is 0 Å². The smallest absolute Gasteiger partial charge is 0.332 e. The Kier molecular flexibility index (Phi) is 12.4. The van der Waals surface area contributed by atoms with Gasteiger partial charge in [0.05, 0.1) is 18.8 Å². The molecule has 11 nitrogen and oxygen atoms in total. The van der Waals surface area contributed by atoms with Crippen LogP contribution < -0.4 is 20.9 Å². The molecule has 1 aliphatic rings. The molecule has 12 heteroatoms. The van der Waals surface area contributed by atoms with E-state index in [1.54, 1.807) is 18.2 Å². The number of ether oxygens (including phenoxy) is 2. The molecule has 0 radical (unpaired) electrons. The van der Waals surface area contributed by atoms with Crippen molar-refractivity contribution in [1.29, 1.82) is 0 Å². The number of piperidine rings is 1.